The summed E-state index contributed by atoms with van der Waals surface area (Å²) in [4.78, 5) is 35.8. The van der Waals surface area contributed by atoms with Crippen LogP contribution in [0, 0.1) is 5.92 Å². The van der Waals surface area contributed by atoms with E-state index in [0.29, 0.717) is 5.56 Å². The van der Waals surface area contributed by atoms with Crippen molar-refractivity contribution in [3.8, 4) is 0 Å². The van der Waals surface area contributed by atoms with Crippen LogP contribution < -0.4 is 0 Å². The van der Waals surface area contributed by atoms with E-state index in [1.54, 1.807) is 44.2 Å². The summed E-state index contributed by atoms with van der Waals surface area (Å²) in [5.41, 5.74) is 0.601. The molecule has 0 spiro atoms. The molecule has 0 aliphatic carbocycles. The lowest BCUT2D eigenvalue weighted by molar-refractivity contribution is -0.163. The lowest BCUT2D eigenvalue weighted by atomic mass is 10.0. The molecule has 6 heteroatoms. The van der Waals surface area contributed by atoms with Crippen molar-refractivity contribution < 1.29 is 23.9 Å². The predicted molar refractivity (Wildman–Crippen MR) is 82.0 cm³/mol. The summed E-state index contributed by atoms with van der Waals surface area (Å²) >= 11 is 6.04. The molecule has 1 aromatic rings. The number of allylic oxidation sites excluding steroid dienone is 1. The number of rotatable bonds is 7. The van der Waals surface area contributed by atoms with Crippen molar-refractivity contribution in [2.24, 2.45) is 5.92 Å². The van der Waals surface area contributed by atoms with Crippen molar-refractivity contribution in [1.29, 1.82) is 0 Å². The van der Waals surface area contributed by atoms with Crippen molar-refractivity contribution in [2.45, 2.75) is 13.8 Å². The third kappa shape index (κ3) is 5.00. The number of esters is 2. The highest BCUT2D eigenvalue weighted by atomic mass is 35.5. The lowest BCUT2D eigenvalue weighted by Crippen LogP contribution is -2.34. The number of carbonyl (C=O) groups excluding carboxylic acids is 3. The molecule has 0 amide bonds. The summed E-state index contributed by atoms with van der Waals surface area (Å²) in [7, 11) is 0. The van der Waals surface area contributed by atoms with E-state index in [1.807, 2.05) is 0 Å². The minimum Gasteiger partial charge on any atom is -0.465 e. The Morgan fingerprint density at radius 3 is 2.00 bits per heavy atom. The van der Waals surface area contributed by atoms with Crippen LogP contribution in [0.15, 0.2) is 36.4 Å². The standard InChI is InChI=1S/C16H17ClO5/c1-3-21-15(19)14(16(20)22-4-2)13(18)10-12(17)11-8-6-5-7-9-11/h5-10,14H,3-4H2,1-2H3/b12-10+. The van der Waals surface area contributed by atoms with E-state index in [1.165, 1.54) is 0 Å². The van der Waals surface area contributed by atoms with E-state index in [4.69, 9.17) is 21.1 Å². The van der Waals surface area contributed by atoms with Crippen molar-refractivity contribution in [3.63, 3.8) is 0 Å². The minimum absolute atomic E-state index is 0.0537. The summed E-state index contributed by atoms with van der Waals surface area (Å²) in [5.74, 6) is -4.32. The molecule has 0 fully saturated rings. The molecule has 0 atom stereocenters. The minimum atomic E-state index is -1.66. The molecular weight excluding hydrogens is 308 g/mol. The first-order valence-electron chi connectivity index (χ1n) is 6.81. The van der Waals surface area contributed by atoms with E-state index < -0.39 is 23.6 Å². The van der Waals surface area contributed by atoms with Crippen molar-refractivity contribution in [3.05, 3.63) is 42.0 Å². The van der Waals surface area contributed by atoms with Crippen molar-refractivity contribution in [1.82, 2.24) is 0 Å². The fourth-order valence-corrected chi connectivity index (χ4v) is 1.90. The zero-order chi connectivity index (χ0) is 16.5. The number of hydrogen-bond acceptors (Lipinski definition) is 5. The highest BCUT2D eigenvalue weighted by Crippen LogP contribution is 2.20. The van der Waals surface area contributed by atoms with Crippen LogP contribution in [0.5, 0.6) is 0 Å². The number of halogens is 1. The monoisotopic (exact) mass is 324 g/mol. The maximum absolute atomic E-state index is 12.2. The molecule has 0 heterocycles. The molecule has 0 unspecified atom stereocenters. The highest BCUT2D eigenvalue weighted by Gasteiger charge is 2.35. The molecule has 0 aliphatic rings. The van der Waals surface area contributed by atoms with E-state index in [0.717, 1.165) is 6.08 Å². The van der Waals surface area contributed by atoms with Gasteiger partial charge in [-0.15, -0.1) is 0 Å². The summed E-state index contributed by atoms with van der Waals surface area (Å²) < 4.78 is 9.49. The molecule has 0 radical (unpaired) electrons. The molecule has 0 bridgehead atoms. The van der Waals surface area contributed by atoms with Gasteiger partial charge in [0.2, 0.25) is 5.92 Å². The second-order valence-electron chi connectivity index (χ2n) is 4.20. The number of carbonyl (C=O) groups is 3. The molecule has 0 saturated carbocycles. The zero-order valence-electron chi connectivity index (χ0n) is 12.4. The molecule has 1 aromatic carbocycles. The number of ketones is 1. The summed E-state index contributed by atoms with van der Waals surface area (Å²) in [5, 5.41) is 0.129. The zero-order valence-corrected chi connectivity index (χ0v) is 13.1. The van der Waals surface area contributed by atoms with Crippen molar-refractivity contribution in [2.75, 3.05) is 13.2 Å². The van der Waals surface area contributed by atoms with E-state index in [9.17, 15) is 14.4 Å². The van der Waals surface area contributed by atoms with Gasteiger partial charge in [-0.2, -0.15) is 0 Å². The van der Waals surface area contributed by atoms with Gasteiger partial charge in [0.05, 0.1) is 18.2 Å². The van der Waals surface area contributed by atoms with Gasteiger partial charge in [0, 0.05) is 6.08 Å². The summed E-state index contributed by atoms with van der Waals surface area (Å²) in [6.45, 7) is 3.27. The number of benzene rings is 1. The van der Waals surface area contributed by atoms with Gasteiger partial charge >= 0.3 is 11.9 Å². The Morgan fingerprint density at radius 1 is 1.05 bits per heavy atom. The van der Waals surface area contributed by atoms with E-state index in [2.05, 4.69) is 0 Å². The second-order valence-corrected chi connectivity index (χ2v) is 4.60. The molecule has 5 nitrogen and oxygen atoms in total. The fourth-order valence-electron chi connectivity index (χ4n) is 1.67. The molecule has 22 heavy (non-hydrogen) atoms. The van der Waals surface area contributed by atoms with Gasteiger partial charge in [0.1, 0.15) is 0 Å². The number of ether oxygens (including phenoxy) is 2. The first-order valence-corrected chi connectivity index (χ1v) is 7.18. The second kappa shape index (κ2) is 9.00. The van der Waals surface area contributed by atoms with Crippen LogP contribution in [-0.4, -0.2) is 30.9 Å². The SMILES string of the molecule is CCOC(=O)C(C(=O)/C=C(/Cl)c1ccccc1)C(=O)OCC. The molecule has 0 saturated heterocycles. The average molecular weight is 325 g/mol. The van der Waals surface area contributed by atoms with E-state index >= 15 is 0 Å². The maximum atomic E-state index is 12.2. The van der Waals surface area contributed by atoms with Crippen LogP contribution in [0.2, 0.25) is 0 Å². The average Bonchev–Trinajstić information content (AvgIpc) is 2.48. The largest absolute Gasteiger partial charge is 0.465 e. The molecule has 0 aromatic heterocycles. The summed E-state index contributed by atoms with van der Waals surface area (Å²) in [6.07, 6.45) is 1.04. The normalized spacial score (nSPS) is 11.2. The highest BCUT2D eigenvalue weighted by molar-refractivity contribution is 6.50. The lowest BCUT2D eigenvalue weighted by Gasteiger charge is -2.11. The Bertz CT molecular complexity index is 547. The first-order chi connectivity index (χ1) is 10.5. The third-order valence-electron chi connectivity index (χ3n) is 2.65. The Balaban J connectivity index is 3.01. The third-order valence-corrected chi connectivity index (χ3v) is 2.97. The van der Waals surface area contributed by atoms with Crippen LogP contribution in [0.3, 0.4) is 0 Å². The predicted octanol–water partition coefficient (Wildman–Crippen LogP) is 2.58. The Morgan fingerprint density at radius 2 is 1.55 bits per heavy atom. The smallest absolute Gasteiger partial charge is 0.328 e. The molecule has 1 rings (SSSR count). The van der Waals surface area contributed by atoms with Crippen LogP contribution >= 0.6 is 11.6 Å². The Labute approximate surface area is 133 Å². The summed E-state index contributed by atoms with van der Waals surface area (Å²) in [6, 6.07) is 8.72. The Hall–Kier alpha value is -2.14. The van der Waals surface area contributed by atoms with Crippen LogP contribution in [0.4, 0.5) is 0 Å². The molecular formula is C16H17ClO5. The van der Waals surface area contributed by atoms with E-state index in [-0.39, 0.29) is 18.2 Å². The quantitative estimate of drug-likeness (QED) is 0.438. The van der Waals surface area contributed by atoms with Gasteiger partial charge in [0.25, 0.3) is 0 Å². The van der Waals surface area contributed by atoms with Crippen molar-refractivity contribution >= 4 is 34.4 Å². The van der Waals surface area contributed by atoms with Gasteiger partial charge in [-0.1, -0.05) is 41.9 Å². The number of hydrogen-bond donors (Lipinski definition) is 0. The topological polar surface area (TPSA) is 69.7 Å². The fraction of sp³-hybridized carbons (Fsp3) is 0.312. The Kier molecular flexibility index (Phi) is 7.32. The van der Waals surface area contributed by atoms with Gasteiger partial charge in [-0.3, -0.25) is 14.4 Å². The van der Waals surface area contributed by atoms with Gasteiger partial charge in [0.15, 0.2) is 5.78 Å². The van der Waals surface area contributed by atoms with Crippen LogP contribution in [0.25, 0.3) is 5.03 Å². The van der Waals surface area contributed by atoms with Gasteiger partial charge < -0.3 is 9.47 Å². The first kappa shape index (κ1) is 17.9. The van der Waals surface area contributed by atoms with Gasteiger partial charge in [-0.25, -0.2) is 0 Å². The molecule has 0 aliphatic heterocycles. The molecule has 0 N–H and O–H groups in total. The van der Waals surface area contributed by atoms with Crippen LogP contribution in [-0.2, 0) is 23.9 Å². The van der Waals surface area contributed by atoms with Gasteiger partial charge in [-0.05, 0) is 19.4 Å². The van der Waals surface area contributed by atoms with Crippen LogP contribution in [0.1, 0.15) is 19.4 Å². The molecule has 118 valence electrons. The maximum Gasteiger partial charge on any atom is 0.328 e.